The van der Waals surface area contributed by atoms with Gasteiger partial charge in [-0.2, -0.15) is 0 Å². The molecule has 2 aromatic carbocycles. The molecule has 1 N–H and O–H groups in total. The normalized spacial score (nSPS) is 10.8. The Labute approximate surface area is 125 Å². The van der Waals surface area contributed by atoms with Gasteiger partial charge >= 0.3 is 0 Å². The van der Waals surface area contributed by atoms with Crippen LogP contribution in [0.4, 0.5) is 4.39 Å². The first-order chi connectivity index (χ1) is 10.1. The number of ether oxygens (including phenoxy) is 1. The van der Waals surface area contributed by atoms with E-state index in [1.165, 1.54) is 19.4 Å². The Hall–Kier alpha value is -2.33. The molecule has 3 rings (SSSR count). The van der Waals surface area contributed by atoms with Crippen molar-refractivity contribution in [3.63, 3.8) is 0 Å². The first-order valence-electron chi connectivity index (χ1n) is 6.25. The number of ketones is 1. The van der Waals surface area contributed by atoms with Gasteiger partial charge in [-0.15, -0.1) is 0 Å². The van der Waals surface area contributed by atoms with Crippen LogP contribution in [0.25, 0.3) is 10.9 Å². The molecule has 0 atom stereocenters. The van der Waals surface area contributed by atoms with Gasteiger partial charge in [0, 0.05) is 22.1 Å². The summed E-state index contributed by atoms with van der Waals surface area (Å²) < 4.78 is 19.2. The second-order valence-corrected chi connectivity index (χ2v) is 4.97. The van der Waals surface area contributed by atoms with Crippen molar-refractivity contribution in [2.75, 3.05) is 7.11 Å². The van der Waals surface area contributed by atoms with E-state index in [1.54, 1.807) is 30.3 Å². The van der Waals surface area contributed by atoms with Crippen LogP contribution in [-0.2, 0) is 0 Å². The van der Waals surface area contributed by atoms with Gasteiger partial charge in [-0.25, -0.2) is 4.39 Å². The summed E-state index contributed by atoms with van der Waals surface area (Å²) >= 11 is 5.89. The van der Waals surface area contributed by atoms with E-state index in [1.807, 2.05) is 0 Å². The molecule has 0 bridgehead atoms. The Kier molecular flexibility index (Phi) is 3.39. The van der Waals surface area contributed by atoms with E-state index in [0.29, 0.717) is 21.9 Å². The second kappa shape index (κ2) is 5.22. The zero-order valence-corrected chi connectivity index (χ0v) is 11.9. The maximum atomic E-state index is 14.0. The third-order valence-electron chi connectivity index (χ3n) is 3.31. The van der Waals surface area contributed by atoms with Gasteiger partial charge in [0.25, 0.3) is 0 Å². The lowest BCUT2D eigenvalue weighted by atomic mass is 10.0. The molecule has 21 heavy (non-hydrogen) atoms. The highest BCUT2D eigenvalue weighted by molar-refractivity contribution is 6.31. The van der Waals surface area contributed by atoms with Gasteiger partial charge in [0.2, 0.25) is 0 Å². The Morgan fingerprint density at radius 2 is 2.05 bits per heavy atom. The van der Waals surface area contributed by atoms with E-state index < -0.39 is 5.82 Å². The molecule has 0 aliphatic rings. The summed E-state index contributed by atoms with van der Waals surface area (Å²) in [6.45, 7) is 0. The molecule has 0 aliphatic carbocycles. The summed E-state index contributed by atoms with van der Waals surface area (Å²) in [5, 5.41) is 0.744. The lowest BCUT2D eigenvalue weighted by molar-refractivity contribution is 0.103. The van der Waals surface area contributed by atoms with E-state index in [0.717, 1.165) is 0 Å². The minimum atomic E-state index is -0.440. The number of aromatic nitrogens is 1. The molecule has 0 saturated carbocycles. The van der Waals surface area contributed by atoms with E-state index in [4.69, 9.17) is 16.3 Å². The fourth-order valence-electron chi connectivity index (χ4n) is 2.32. The molecular weight excluding hydrogens is 293 g/mol. The van der Waals surface area contributed by atoms with Crippen molar-refractivity contribution in [1.29, 1.82) is 0 Å². The van der Waals surface area contributed by atoms with Crippen molar-refractivity contribution < 1.29 is 13.9 Å². The second-order valence-electron chi connectivity index (χ2n) is 4.54. The van der Waals surface area contributed by atoms with Crippen LogP contribution in [0.2, 0.25) is 5.02 Å². The first-order valence-corrected chi connectivity index (χ1v) is 6.63. The third kappa shape index (κ3) is 2.28. The minimum absolute atomic E-state index is 0.267. The molecule has 0 unspecified atom stereocenters. The fraction of sp³-hybridized carbons (Fsp3) is 0.0625. The molecule has 0 amide bonds. The summed E-state index contributed by atoms with van der Waals surface area (Å²) in [4.78, 5) is 15.6. The van der Waals surface area contributed by atoms with Gasteiger partial charge in [-0.05, 0) is 30.3 Å². The number of carbonyl (C=O) groups excluding carboxylic acids is 1. The van der Waals surface area contributed by atoms with Gasteiger partial charge in [0.1, 0.15) is 11.6 Å². The molecule has 5 heteroatoms. The number of carbonyl (C=O) groups is 1. The van der Waals surface area contributed by atoms with Crippen LogP contribution < -0.4 is 4.74 Å². The number of aromatic amines is 1. The predicted molar refractivity (Wildman–Crippen MR) is 79.7 cm³/mol. The number of fused-ring (bicyclic) bond motifs is 1. The SMILES string of the molecule is COc1cc(Cl)ccc1C(=O)c1c[nH]c2cccc(F)c12. The topological polar surface area (TPSA) is 42.1 Å². The number of benzene rings is 2. The first kappa shape index (κ1) is 13.6. The number of hydrogen-bond donors (Lipinski definition) is 1. The van der Waals surface area contributed by atoms with Gasteiger partial charge in [-0.1, -0.05) is 17.7 Å². The van der Waals surface area contributed by atoms with Crippen molar-refractivity contribution >= 4 is 28.3 Å². The van der Waals surface area contributed by atoms with Crippen molar-refractivity contribution in [2.24, 2.45) is 0 Å². The number of nitrogens with one attached hydrogen (secondary N) is 1. The molecule has 1 heterocycles. The van der Waals surface area contributed by atoms with Crippen molar-refractivity contribution in [1.82, 2.24) is 4.98 Å². The van der Waals surface area contributed by atoms with Gasteiger partial charge in [-0.3, -0.25) is 4.79 Å². The molecule has 0 fully saturated rings. The molecule has 0 saturated heterocycles. The number of methoxy groups -OCH3 is 1. The molecule has 0 aliphatic heterocycles. The lowest BCUT2D eigenvalue weighted by Crippen LogP contribution is -2.03. The summed E-state index contributed by atoms with van der Waals surface area (Å²) in [5.74, 6) is -0.400. The van der Waals surface area contributed by atoms with E-state index in [9.17, 15) is 9.18 Å². The predicted octanol–water partition coefficient (Wildman–Crippen LogP) is 4.20. The Morgan fingerprint density at radius 1 is 1.24 bits per heavy atom. The van der Waals surface area contributed by atoms with Crippen LogP contribution in [-0.4, -0.2) is 17.9 Å². The van der Waals surface area contributed by atoms with Crippen LogP contribution in [0.5, 0.6) is 5.75 Å². The van der Waals surface area contributed by atoms with E-state index >= 15 is 0 Å². The number of halogens is 2. The van der Waals surface area contributed by atoms with Gasteiger partial charge in [0.15, 0.2) is 5.78 Å². The van der Waals surface area contributed by atoms with Crippen LogP contribution in [0.3, 0.4) is 0 Å². The maximum absolute atomic E-state index is 14.0. The monoisotopic (exact) mass is 303 g/mol. The summed E-state index contributed by atoms with van der Waals surface area (Å²) in [7, 11) is 1.46. The smallest absolute Gasteiger partial charge is 0.199 e. The average Bonchev–Trinajstić information content (AvgIpc) is 2.92. The van der Waals surface area contributed by atoms with Crippen molar-refractivity contribution in [3.05, 3.63) is 64.6 Å². The van der Waals surface area contributed by atoms with Gasteiger partial charge < -0.3 is 9.72 Å². The Morgan fingerprint density at radius 3 is 2.81 bits per heavy atom. The highest BCUT2D eigenvalue weighted by atomic mass is 35.5. The van der Waals surface area contributed by atoms with Gasteiger partial charge in [0.05, 0.1) is 18.2 Å². The van der Waals surface area contributed by atoms with Crippen LogP contribution in [0.1, 0.15) is 15.9 Å². The van der Waals surface area contributed by atoms with E-state index in [-0.39, 0.29) is 16.7 Å². The summed E-state index contributed by atoms with van der Waals surface area (Å²) in [6.07, 6.45) is 1.50. The molecule has 106 valence electrons. The number of hydrogen-bond acceptors (Lipinski definition) is 2. The van der Waals surface area contributed by atoms with E-state index in [2.05, 4.69) is 4.98 Å². The van der Waals surface area contributed by atoms with Crippen LogP contribution in [0.15, 0.2) is 42.6 Å². The zero-order valence-electron chi connectivity index (χ0n) is 11.1. The fourth-order valence-corrected chi connectivity index (χ4v) is 2.48. The van der Waals surface area contributed by atoms with Crippen molar-refractivity contribution in [2.45, 2.75) is 0 Å². The standard InChI is InChI=1S/C16H11ClFNO2/c1-21-14-7-9(17)5-6-10(14)16(20)11-8-19-13-4-2-3-12(18)15(11)13/h2-8,19H,1H3. The van der Waals surface area contributed by atoms with Crippen LogP contribution >= 0.6 is 11.6 Å². The highest BCUT2D eigenvalue weighted by Gasteiger charge is 2.20. The molecule has 0 radical (unpaired) electrons. The summed E-state index contributed by atoms with van der Waals surface area (Å²) in [6, 6.07) is 9.36. The molecule has 3 nitrogen and oxygen atoms in total. The van der Waals surface area contributed by atoms with Crippen molar-refractivity contribution in [3.8, 4) is 5.75 Å². The molecule has 1 aromatic heterocycles. The molecular formula is C16H11ClFNO2. The molecule has 0 spiro atoms. The maximum Gasteiger partial charge on any atom is 0.199 e. The minimum Gasteiger partial charge on any atom is -0.496 e. The Bertz CT molecular complexity index is 841. The largest absolute Gasteiger partial charge is 0.496 e. The Balaban J connectivity index is 2.17. The number of H-pyrrole nitrogens is 1. The number of rotatable bonds is 3. The third-order valence-corrected chi connectivity index (χ3v) is 3.54. The lowest BCUT2D eigenvalue weighted by Gasteiger charge is -2.07. The quantitative estimate of drug-likeness (QED) is 0.737. The highest BCUT2D eigenvalue weighted by Crippen LogP contribution is 2.29. The summed E-state index contributed by atoms with van der Waals surface area (Å²) in [5.41, 5.74) is 1.18. The molecule has 3 aromatic rings. The van der Waals surface area contributed by atoms with Crippen LogP contribution in [0, 0.1) is 5.82 Å². The average molecular weight is 304 g/mol. The zero-order chi connectivity index (χ0) is 15.0.